The number of fused-ring (bicyclic) bond motifs is 5. The van der Waals surface area contributed by atoms with Crippen LogP contribution in [0.2, 0.25) is 0 Å². The lowest BCUT2D eigenvalue weighted by molar-refractivity contribution is -0.137. The van der Waals surface area contributed by atoms with Crippen LogP contribution in [0, 0.1) is 17.2 Å². The third-order valence-corrected chi connectivity index (χ3v) is 7.57. The fourth-order valence-electron chi connectivity index (χ4n) is 4.15. The van der Waals surface area contributed by atoms with E-state index in [9.17, 15) is 27.4 Å². The first-order valence-corrected chi connectivity index (χ1v) is 9.21. The number of aliphatic hydroxyl groups is 1. The highest BCUT2D eigenvalue weighted by molar-refractivity contribution is 8.26. The molecule has 1 aromatic rings. The van der Waals surface area contributed by atoms with Gasteiger partial charge in [-0.2, -0.15) is 18.4 Å². The Bertz CT molecular complexity index is 766. The topological polar surface area (TPSA) is 97.0 Å². The zero-order valence-electron chi connectivity index (χ0n) is 12.7. The van der Waals surface area contributed by atoms with Crippen molar-refractivity contribution in [3.8, 4) is 6.07 Å². The number of halogens is 3. The first-order chi connectivity index (χ1) is 11.6. The van der Waals surface area contributed by atoms with Gasteiger partial charge in [-0.25, -0.2) is 0 Å². The van der Waals surface area contributed by atoms with E-state index in [0.717, 1.165) is 12.1 Å². The third kappa shape index (κ3) is 2.34. The second kappa shape index (κ2) is 5.25. The predicted octanol–water partition coefficient (Wildman–Crippen LogP) is 2.58. The van der Waals surface area contributed by atoms with Crippen LogP contribution in [0.15, 0.2) is 18.2 Å². The molecular formula is C15H15F3N2O4S. The van der Waals surface area contributed by atoms with Gasteiger partial charge in [0.05, 0.1) is 41.2 Å². The first-order valence-electron chi connectivity index (χ1n) is 7.64. The molecule has 0 aliphatic carbocycles. The highest BCUT2D eigenvalue weighted by Gasteiger charge is 2.64. The number of benzene rings is 1. The first kappa shape index (κ1) is 16.9. The molecule has 0 spiro atoms. The lowest BCUT2D eigenvalue weighted by Crippen LogP contribution is -2.39. The quantitative estimate of drug-likeness (QED) is 0.697. The number of ether oxygens (including phenoxy) is 1. The second-order valence-corrected chi connectivity index (χ2v) is 8.64. The molecule has 3 fully saturated rings. The summed E-state index contributed by atoms with van der Waals surface area (Å²) in [5.41, 5.74) is -1.64. The minimum Gasteiger partial charge on any atom is -0.390 e. The van der Waals surface area contributed by atoms with Crippen LogP contribution in [0.5, 0.6) is 0 Å². The lowest BCUT2D eigenvalue weighted by Gasteiger charge is -2.43. The summed E-state index contributed by atoms with van der Waals surface area (Å²) in [6, 6.07) is 4.58. The maximum Gasteiger partial charge on any atom is 0.417 e. The normalized spacial score (nSPS) is 37.0. The van der Waals surface area contributed by atoms with E-state index in [4.69, 9.17) is 10.00 Å². The largest absolute Gasteiger partial charge is 0.417 e. The van der Waals surface area contributed by atoms with Crippen LogP contribution in [-0.4, -0.2) is 44.3 Å². The van der Waals surface area contributed by atoms with Crippen molar-refractivity contribution in [3.05, 3.63) is 29.3 Å². The van der Waals surface area contributed by atoms with Gasteiger partial charge in [0, 0.05) is 18.9 Å². The van der Waals surface area contributed by atoms with Gasteiger partial charge in [-0.05, 0) is 18.2 Å². The molecular weight excluding hydrogens is 361 g/mol. The molecule has 10 heteroatoms. The molecule has 136 valence electrons. The molecule has 0 aromatic heterocycles. The average molecular weight is 376 g/mol. The summed E-state index contributed by atoms with van der Waals surface area (Å²) in [5.74, 6) is -0.358. The zero-order chi connectivity index (χ0) is 18.1. The van der Waals surface area contributed by atoms with Crippen molar-refractivity contribution in [2.75, 3.05) is 10.8 Å². The van der Waals surface area contributed by atoms with Crippen LogP contribution < -0.4 is 4.31 Å². The molecule has 3 heterocycles. The van der Waals surface area contributed by atoms with Gasteiger partial charge in [0.25, 0.3) is 0 Å². The number of hydrogen-bond donors (Lipinski definition) is 3. The van der Waals surface area contributed by atoms with Crippen LogP contribution in [0.1, 0.15) is 17.5 Å². The average Bonchev–Trinajstić information content (AvgIpc) is 3.15. The summed E-state index contributed by atoms with van der Waals surface area (Å²) in [5, 5.41) is 18.2. The Morgan fingerprint density at radius 2 is 2.04 bits per heavy atom. The van der Waals surface area contributed by atoms with Crippen molar-refractivity contribution < 1.29 is 32.1 Å². The van der Waals surface area contributed by atoms with Crippen molar-refractivity contribution in [2.24, 2.45) is 5.92 Å². The Labute approximate surface area is 142 Å². The smallest absolute Gasteiger partial charge is 0.390 e. The van der Waals surface area contributed by atoms with Crippen LogP contribution in [0.4, 0.5) is 18.9 Å². The molecule has 0 radical (unpaired) electrons. The molecule has 3 aliphatic rings. The Balaban J connectivity index is 1.73. The molecule has 3 aliphatic heterocycles. The number of rotatable bonds is 1. The van der Waals surface area contributed by atoms with Crippen LogP contribution in [-0.2, 0) is 10.9 Å². The van der Waals surface area contributed by atoms with Gasteiger partial charge in [0.1, 0.15) is 5.25 Å². The van der Waals surface area contributed by atoms with Gasteiger partial charge in [-0.1, -0.05) is 0 Å². The molecule has 1 aromatic carbocycles. The molecule has 6 nitrogen and oxygen atoms in total. The van der Waals surface area contributed by atoms with Gasteiger partial charge in [0.15, 0.2) is 0 Å². The van der Waals surface area contributed by atoms with E-state index in [1.165, 1.54) is 16.4 Å². The van der Waals surface area contributed by atoms with Crippen molar-refractivity contribution in [2.45, 2.75) is 36.2 Å². The van der Waals surface area contributed by atoms with E-state index in [2.05, 4.69) is 0 Å². The predicted molar refractivity (Wildman–Crippen MR) is 82.9 cm³/mol. The van der Waals surface area contributed by atoms with E-state index in [1.54, 1.807) is 0 Å². The number of nitriles is 1. The standard InChI is InChI=1S/C15H15F3N2O4S/c16-15(17,18)10-3-8(2-1-7(10)5-19)20-6-9-13-11(21)4-12(24-13)14(9)25(20,22)23/h1-3,9,11-14,21-23H,4,6H2/t9-,11+,12-,13-,14-/m1/s1. The van der Waals surface area contributed by atoms with E-state index >= 15 is 0 Å². The fraction of sp³-hybridized carbons (Fsp3) is 0.533. The molecule has 3 N–H and O–H groups in total. The van der Waals surface area contributed by atoms with E-state index in [-0.39, 0.29) is 24.6 Å². The number of alkyl halides is 3. The maximum absolute atomic E-state index is 13.2. The van der Waals surface area contributed by atoms with Gasteiger partial charge >= 0.3 is 6.18 Å². The fourth-order valence-corrected chi connectivity index (χ4v) is 6.56. The van der Waals surface area contributed by atoms with E-state index < -0.39 is 51.6 Å². The van der Waals surface area contributed by atoms with Crippen molar-refractivity contribution in [1.29, 1.82) is 5.26 Å². The summed E-state index contributed by atoms with van der Waals surface area (Å²) < 4.78 is 67.6. The van der Waals surface area contributed by atoms with E-state index in [1.807, 2.05) is 0 Å². The lowest BCUT2D eigenvalue weighted by atomic mass is 9.87. The molecule has 25 heavy (non-hydrogen) atoms. The summed E-state index contributed by atoms with van der Waals surface area (Å²) >= 11 is 0. The Morgan fingerprint density at radius 3 is 2.68 bits per heavy atom. The summed E-state index contributed by atoms with van der Waals surface area (Å²) in [4.78, 5) is 0. The van der Waals surface area contributed by atoms with Crippen LogP contribution >= 0.6 is 10.8 Å². The monoisotopic (exact) mass is 376 g/mol. The molecule has 0 amide bonds. The van der Waals surface area contributed by atoms with Crippen molar-refractivity contribution >= 4 is 16.5 Å². The second-order valence-electron chi connectivity index (χ2n) is 6.53. The van der Waals surface area contributed by atoms with Crippen LogP contribution in [0.3, 0.4) is 0 Å². The van der Waals surface area contributed by atoms with Gasteiger partial charge in [-0.3, -0.25) is 13.4 Å². The molecule has 0 saturated carbocycles. The van der Waals surface area contributed by atoms with Gasteiger partial charge < -0.3 is 9.84 Å². The van der Waals surface area contributed by atoms with Gasteiger partial charge in [0.2, 0.25) is 0 Å². The summed E-state index contributed by atoms with van der Waals surface area (Å²) in [7, 11) is -3.41. The number of aliphatic hydroxyl groups excluding tert-OH is 1. The number of nitrogens with zero attached hydrogens (tertiary/aromatic N) is 2. The SMILES string of the molecule is N#Cc1ccc(N2C[C@@H]3[C@H]4O[C@H](C[C@@H]4O)[C@@H]3S2(O)O)cc1C(F)(F)F. The Hall–Kier alpha value is -1.51. The summed E-state index contributed by atoms with van der Waals surface area (Å²) in [6.07, 6.45) is -6.19. The third-order valence-electron chi connectivity index (χ3n) is 5.18. The van der Waals surface area contributed by atoms with E-state index in [0.29, 0.717) is 0 Å². The van der Waals surface area contributed by atoms with Crippen LogP contribution in [0.25, 0.3) is 0 Å². The minimum atomic E-state index is -4.72. The molecule has 2 bridgehead atoms. The Morgan fingerprint density at radius 1 is 1.32 bits per heavy atom. The number of anilines is 1. The summed E-state index contributed by atoms with van der Waals surface area (Å²) in [6.45, 7) is 0.0778. The Kier molecular flexibility index (Phi) is 3.55. The molecule has 0 unspecified atom stereocenters. The maximum atomic E-state index is 13.2. The molecule has 5 atom stereocenters. The molecule has 4 rings (SSSR count). The van der Waals surface area contributed by atoms with Gasteiger partial charge in [-0.15, -0.1) is 10.8 Å². The highest BCUT2D eigenvalue weighted by Crippen LogP contribution is 2.65. The van der Waals surface area contributed by atoms with Crippen molar-refractivity contribution in [1.82, 2.24) is 0 Å². The number of hydrogen-bond acceptors (Lipinski definition) is 6. The zero-order valence-corrected chi connectivity index (χ0v) is 13.5. The highest BCUT2D eigenvalue weighted by atomic mass is 32.3. The van der Waals surface area contributed by atoms with Crippen molar-refractivity contribution in [3.63, 3.8) is 0 Å². The minimum absolute atomic E-state index is 0.00499. The molecule has 3 saturated heterocycles.